The van der Waals surface area contributed by atoms with Crippen LogP contribution in [0.25, 0.3) is 0 Å². The van der Waals surface area contributed by atoms with Crippen molar-refractivity contribution in [2.45, 2.75) is 20.4 Å². The predicted octanol–water partition coefficient (Wildman–Crippen LogP) is 2.92. The first-order chi connectivity index (χ1) is 10.9. The minimum absolute atomic E-state index is 0.123. The molecule has 0 aliphatic rings. The van der Waals surface area contributed by atoms with Gasteiger partial charge in [-0.2, -0.15) is 0 Å². The molecule has 122 valence electrons. The van der Waals surface area contributed by atoms with Gasteiger partial charge in [0.05, 0.1) is 0 Å². The summed E-state index contributed by atoms with van der Waals surface area (Å²) in [6, 6.07) is 6.43. The summed E-state index contributed by atoms with van der Waals surface area (Å²) in [4.78, 5) is 25.4. The lowest BCUT2D eigenvalue weighted by molar-refractivity contribution is -0.123. The second-order valence-electron chi connectivity index (χ2n) is 4.96. The van der Waals surface area contributed by atoms with Crippen molar-refractivity contribution in [1.82, 2.24) is 5.32 Å². The van der Waals surface area contributed by atoms with Crippen LogP contribution in [0, 0.1) is 13.8 Å². The van der Waals surface area contributed by atoms with E-state index in [1.807, 2.05) is 13.8 Å². The fourth-order valence-electron chi connectivity index (χ4n) is 2.03. The Morgan fingerprint density at radius 3 is 2.65 bits per heavy atom. The Hall–Kier alpha value is -1.86. The summed E-state index contributed by atoms with van der Waals surface area (Å²) in [5.41, 5.74) is 6.63. The number of hydrogen-bond acceptors (Lipinski definition) is 4. The standard InChI is InChI=1S/C16H17BrN2O3S/c1-9-13(15(17)10(2)23-9)7-19-14(20)8-22-12-5-3-4-11(6-12)16(18)21/h3-6H,7-8H2,1-2H3,(H2,18,21)(H,19,20). The Balaban J connectivity index is 1.88. The number of aryl methyl sites for hydroxylation is 2. The summed E-state index contributed by atoms with van der Waals surface area (Å²) in [6.07, 6.45) is 0. The zero-order valence-electron chi connectivity index (χ0n) is 12.8. The lowest BCUT2D eigenvalue weighted by Crippen LogP contribution is -2.28. The molecule has 1 aromatic heterocycles. The maximum absolute atomic E-state index is 11.9. The highest BCUT2D eigenvalue weighted by Crippen LogP contribution is 2.31. The van der Waals surface area contributed by atoms with E-state index in [1.165, 1.54) is 15.8 Å². The summed E-state index contributed by atoms with van der Waals surface area (Å²) < 4.78 is 6.42. The first kappa shape index (κ1) is 17.5. The molecule has 7 heteroatoms. The fourth-order valence-corrected chi connectivity index (χ4v) is 3.81. The van der Waals surface area contributed by atoms with Crippen molar-refractivity contribution >= 4 is 39.1 Å². The molecule has 3 N–H and O–H groups in total. The second-order valence-corrected chi connectivity index (χ2v) is 7.19. The molecule has 0 unspecified atom stereocenters. The molecule has 2 rings (SSSR count). The summed E-state index contributed by atoms with van der Waals surface area (Å²) in [5.74, 6) is -0.335. The van der Waals surface area contributed by atoms with Crippen LogP contribution in [0.15, 0.2) is 28.7 Å². The largest absolute Gasteiger partial charge is 0.484 e. The molecule has 23 heavy (non-hydrogen) atoms. The number of hydrogen-bond donors (Lipinski definition) is 2. The first-order valence-electron chi connectivity index (χ1n) is 6.92. The van der Waals surface area contributed by atoms with Crippen molar-refractivity contribution in [2.24, 2.45) is 5.73 Å². The molecular formula is C16H17BrN2O3S. The maximum atomic E-state index is 11.9. The summed E-state index contributed by atoms with van der Waals surface area (Å²) in [7, 11) is 0. The third-order valence-electron chi connectivity index (χ3n) is 3.26. The van der Waals surface area contributed by atoms with Gasteiger partial charge in [-0.3, -0.25) is 9.59 Å². The van der Waals surface area contributed by atoms with E-state index in [1.54, 1.807) is 29.5 Å². The van der Waals surface area contributed by atoms with Crippen molar-refractivity contribution in [1.29, 1.82) is 0 Å². The van der Waals surface area contributed by atoms with Crippen LogP contribution in [0.3, 0.4) is 0 Å². The molecule has 2 aromatic rings. The number of primary amides is 1. The molecule has 2 amide bonds. The Bertz CT molecular complexity index is 743. The highest BCUT2D eigenvalue weighted by molar-refractivity contribution is 9.10. The maximum Gasteiger partial charge on any atom is 0.258 e. The Morgan fingerprint density at radius 1 is 1.30 bits per heavy atom. The molecule has 0 aliphatic heterocycles. The van der Waals surface area contributed by atoms with Crippen LogP contribution in [0.2, 0.25) is 0 Å². The third-order valence-corrected chi connectivity index (χ3v) is 5.65. The zero-order chi connectivity index (χ0) is 17.0. The molecule has 0 aliphatic carbocycles. The van der Waals surface area contributed by atoms with Crippen LogP contribution in [-0.4, -0.2) is 18.4 Å². The molecule has 0 fully saturated rings. The van der Waals surface area contributed by atoms with Crippen molar-refractivity contribution in [3.05, 3.63) is 49.6 Å². The van der Waals surface area contributed by atoms with E-state index in [0.717, 1.165) is 10.0 Å². The van der Waals surface area contributed by atoms with E-state index in [2.05, 4.69) is 21.2 Å². The van der Waals surface area contributed by atoms with Gasteiger partial charge in [-0.05, 0) is 53.5 Å². The molecular weight excluding hydrogens is 380 g/mol. The van der Waals surface area contributed by atoms with Crippen LogP contribution < -0.4 is 15.8 Å². The highest BCUT2D eigenvalue weighted by atomic mass is 79.9. The van der Waals surface area contributed by atoms with E-state index in [0.29, 0.717) is 17.9 Å². The van der Waals surface area contributed by atoms with Crippen LogP contribution in [-0.2, 0) is 11.3 Å². The molecule has 0 saturated carbocycles. The molecule has 0 saturated heterocycles. The molecule has 0 radical (unpaired) electrons. The number of nitrogens with one attached hydrogen (secondary N) is 1. The minimum atomic E-state index is -0.534. The predicted molar refractivity (Wildman–Crippen MR) is 93.8 cm³/mol. The summed E-state index contributed by atoms with van der Waals surface area (Å²) >= 11 is 5.22. The zero-order valence-corrected chi connectivity index (χ0v) is 15.2. The van der Waals surface area contributed by atoms with Gasteiger partial charge < -0.3 is 15.8 Å². The van der Waals surface area contributed by atoms with Gasteiger partial charge in [-0.25, -0.2) is 0 Å². The molecule has 0 atom stereocenters. The Kier molecular flexibility index (Phi) is 5.79. The highest BCUT2D eigenvalue weighted by Gasteiger charge is 2.12. The molecule has 0 bridgehead atoms. The second kappa shape index (κ2) is 7.61. The SMILES string of the molecule is Cc1sc(C)c(CNC(=O)COc2cccc(C(N)=O)c2)c1Br. The van der Waals surface area contributed by atoms with Crippen molar-refractivity contribution in [2.75, 3.05) is 6.61 Å². The van der Waals surface area contributed by atoms with Gasteiger partial charge in [0.15, 0.2) is 6.61 Å². The van der Waals surface area contributed by atoms with Crippen LogP contribution in [0.1, 0.15) is 25.7 Å². The lowest BCUT2D eigenvalue weighted by Gasteiger charge is -2.08. The van der Waals surface area contributed by atoms with E-state index in [4.69, 9.17) is 10.5 Å². The van der Waals surface area contributed by atoms with Gasteiger partial charge >= 0.3 is 0 Å². The van der Waals surface area contributed by atoms with Gasteiger partial charge in [0.2, 0.25) is 5.91 Å². The van der Waals surface area contributed by atoms with E-state index in [-0.39, 0.29) is 12.5 Å². The monoisotopic (exact) mass is 396 g/mol. The van der Waals surface area contributed by atoms with Crippen LogP contribution in [0.4, 0.5) is 0 Å². The van der Waals surface area contributed by atoms with E-state index < -0.39 is 5.91 Å². The number of rotatable bonds is 6. The van der Waals surface area contributed by atoms with Gasteiger partial charge in [0.1, 0.15) is 5.75 Å². The fraction of sp³-hybridized carbons (Fsp3) is 0.250. The number of benzene rings is 1. The van der Waals surface area contributed by atoms with Crippen LogP contribution >= 0.6 is 27.3 Å². The van der Waals surface area contributed by atoms with Crippen molar-refractivity contribution in [3.63, 3.8) is 0 Å². The number of carbonyl (C=O) groups excluding carboxylic acids is 2. The number of halogens is 1. The number of nitrogens with two attached hydrogens (primary N) is 1. The summed E-state index contributed by atoms with van der Waals surface area (Å²) in [5, 5.41) is 2.82. The van der Waals surface area contributed by atoms with E-state index in [9.17, 15) is 9.59 Å². The number of ether oxygens (including phenoxy) is 1. The van der Waals surface area contributed by atoms with Crippen LogP contribution in [0.5, 0.6) is 5.75 Å². The third kappa shape index (κ3) is 4.56. The normalized spacial score (nSPS) is 10.4. The lowest BCUT2D eigenvalue weighted by atomic mass is 10.2. The molecule has 0 spiro atoms. The first-order valence-corrected chi connectivity index (χ1v) is 8.53. The topological polar surface area (TPSA) is 81.4 Å². The number of thiophene rings is 1. The average Bonchev–Trinajstić information content (AvgIpc) is 2.76. The summed E-state index contributed by atoms with van der Waals surface area (Å²) in [6.45, 7) is 4.37. The van der Waals surface area contributed by atoms with Gasteiger partial charge in [-0.1, -0.05) is 6.07 Å². The number of amides is 2. The Morgan fingerprint density at radius 2 is 2.04 bits per heavy atom. The van der Waals surface area contributed by atoms with Gasteiger partial charge in [0, 0.05) is 26.3 Å². The van der Waals surface area contributed by atoms with Gasteiger partial charge in [0.25, 0.3) is 5.91 Å². The minimum Gasteiger partial charge on any atom is -0.484 e. The number of carbonyl (C=O) groups is 2. The molecule has 1 aromatic carbocycles. The average molecular weight is 397 g/mol. The quantitative estimate of drug-likeness (QED) is 0.787. The van der Waals surface area contributed by atoms with Gasteiger partial charge in [-0.15, -0.1) is 11.3 Å². The Labute approximate surface area is 147 Å². The van der Waals surface area contributed by atoms with E-state index >= 15 is 0 Å². The molecule has 1 heterocycles. The van der Waals surface area contributed by atoms with Crippen molar-refractivity contribution < 1.29 is 14.3 Å². The van der Waals surface area contributed by atoms with Crippen molar-refractivity contribution in [3.8, 4) is 5.75 Å². The smallest absolute Gasteiger partial charge is 0.258 e. The molecule has 5 nitrogen and oxygen atoms in total.